The molecule has 30 heavy (non-hydrogen) atoms. The normalized spacial score (nSPS) is 24.0. The van der Waals surface area contributed by atoms with Gasteiger partial charge in [-0.3, -0.25) is 4.79 Å². The molecular weight excluding hydrogens is 382 g/mol. The quantitative estimate of drug-likeness (QED) is 0.532. The molecule has 1 fully saturated rings. The Morgan fingerprint density at radius 2 is 1.77 bits per heavy atom. The molecule has 0 bridgehead atoms. The van der Waals surface area contributed by atoms with Crippen LogP contribution in [-0.4, -0.2) is 53.2 Å². The van der Waals surface area contributed by atoms with Crippen LogP contribution in [0.25, 0.3) is 21.9 Å². The van der Waals surface area contributed by atoms with Crippen LogP contribution in [0, 0.1) is 0 Å². The van der Waals surface area contributed by atoms with Crippen molar-refractivity contribution in [2.75, 3.05) is 13.7 Å². The van der Waals surface area contributed by atoms with Gasteiger partial charge in [0.05, 0.1) is 18.8 Å². The number of amides is 1. The van der Waals surface area contributed by atoms with E-state index in [9.17, 15) is 20.1 Å². The summed E-state index contributed by atoms with van der Waals surface area (Å²) in [6.07, 6.45) is -2.97. The Labute approximate surface area is 174 Å². The lowest BCUT2D eigenvalue weighted by Crippen LogP contribution is -2.44. The molecule has 3 aromatic rings. The van der Waals surface area contributed by atoms with Crippen molar-refractivity contribution in [1.29, 1.82) is 0 Å². The van der Waals surface area contributed by atoms with E-state index in [4.69, 9.17) is 4.74 Å². The molecule has 1 aliphatic heterocycles. The van der Waals surface area contributed by atoms with E-state index >= 15 is 0 Å². The molecule has 4 rings (SSSR count). The molecule has 4 atom stereocenters. The predicted octanol–water partition coefficient (Wildman–Crippen LogP) is 2.41. The highest BCUT2D eigenvalue weighted by atomic mass is 16.5. The van der Waals surface area contributed by atoms with E-state index in [0.29, 0.717) is 5.56 Å². The minimum atomic E-state index is -1.04. The molecule has 1 aliphatic rings. The average molecular weight is 407 g/mol. The van der Waals surface area contributed by atoms with Crippen LogP contribution in [0.1, 0.15) is 28.4 Å². The Kier molecular flexibility index (Phi) is 5.83. The molecule has 1 amide bonds. The number of aliphatic hydroxyl groups excluding tert-OH is 3. The summed E-state index contributed by atoms with van der Waals surface area (Å²) < 4.78 is 5.79. The standard InChI is InChI=1S/C24H25NO5/c1-25-24(29)19-4-2-3-14(11-19)15-5-6-17-10-18(8-7-16(17)9-15)23-22(28)21(27)12-20(13-26)30-23/h2-11,20-23,26-28H,12-13H2,1H3,(H,25,29). The van der Waals surface area contributed by atoms with E-state index in [1.807, 2.05) is 54.6 Å². The minimum Gasteiger partial charge on any atom is -0.394 e. The van der Waals surface area contributed by atoms with E-state index in [-0.39, 0.29) is 18.9 Å². The molecule has 1 heterocycles. The maximum absolute atomic E-state index is 11.9. The fourth-order valence-corrected chi connectivity index (χ4v) is 3.95. The highest BCUT2D eigenvalue weighted by Crippen LogP contribution is 2.34. The van der Waals surface area contributed by atoms with E-state index in [1.54, 1.807) is 13.1 Å². The van der Waals surface area contributed by atoms with Crippen molar-refractivity contribution < 1.29 is 24.9 Å². The number of ether oxygens (including phenoxy) is 1. The van der Waals surface area contributed by atoms with Gasteiger partial charge in [0.2, 0.25) is 0 Å². The number of carbonyl (C=O) groups is 1. The van der Waals surface area contributed by atoms with E-state index in [1.165, 1.54) is 0 Å². The van der Waals surface area contributed by atoms with Crippen LogP contribution in [0.15, 0.2) is 60.7 Å². The lowest BCUT2D eigenvalue weighted by atomic mass is 9.91. The van der Waals surface area contributed by atoms with Crippen molar-refractivity contribution in [2.24, 2.45) is 0 Å². The van der Waals surface area contributed by atoms with Gasteiger partial charge < -0.3 is 25.4 Å². The monoisotopic (exact) mass is 407 g/mol. The van der Waals surface area contributed by atoms with Crippen molar-refractivity contribution >= 4 is 16.7 Å². The van der Waals surface area contributed by atoms with Crippen LogP contribution >= 0.6 is 0 Å². The first-order valence-electron chi connectivity index (χ1n) is 9.99. The van der Waals surface area contributed by atoms with Gasteiger partial charge in [0, 0.05) is 19.0 Å². The Bertz CT molecular complexity index is 1070. The van der Waals surface area contributed by atoms with Crippen LogP contribution in [0.3, 0.4) is 0 Å². The molecule has 6 nitrogen and oxygen atoms in total. The van der Waals surface area contributed by atoms with Crippen LogP contribution in [0.2, 0.25) is 0 Å². The van der Waals surface area contributed by atoms with Gasteiger partial charge in [-0.25, -0.2) is 0 Å². The Morgan fingerprint density at radius 1 is 1.03 bits per heavy atom. The fraction of sp³-hybridized carbons (Fsp3) is 0.292. The van der Waals surface area contributed by atoms with Crippen LogP contribution in [0.5, 0.6) is 0 Å². The summed E-state index contributed by atoms with van der Waals surface area (Å²) in [4.78, 5) is 11.9. The maximum Gasteiger partial charge on any atom is 0.251 e. The Balaban J connectivity index is 1.65. The van der Waals surface area contributed by atoms with Gasteiger partial charge in [-0.15, -0.1) is 0 Å². The highest BCUT2D eigenvalue weighted by molar-refractivity contribution is 5.96. The van der Waals surface area contributed by atoms with Gasteiger partial charge in [0.1, 0.15) is 12.2 Å². The number of rotatable bonds is 4. The zero-order chi connectivity index (χ0) is 21.3. The van der Waals surface area contributed by atoms with Gasteiger partial charge >= 0.3 is 0 Å². The van der Waals surface area contributed by atoms with Gasteiger partial charge in [-0.2, -0.15) is 0 Å². The van der Waals surface area contributed by atoms with Crippen LogP contribution < -0.4 is 5.32 Å². The molecule has 3 aromatic carbocycles. The second kappa shape index (κ2) is 8.53. The number of hydrogen-bond donors (Lipinski definition) is 4. The van der Waals surface area contributed by atoms with Crippen molar-refractivity contribution in [3.8, 4) is 11.1 Å². The fourth-order valence-electron chi connectivity index (χ4n) is 3.95. The zero-order valence-electron chi connectivity index (χ0n) is 16.7. The number of benzene rings is 3. The highest BCUT2D eigenvalue weighted by Gasteiger charge is 2.37. The molecule has 0 radical (unpaired) electrons. The largest absolute Gasteiger partial charge is 0.394 e. The van der Waals surface area contributed by atoms with E-state index < -0.39 is 24.4 Å². The molecule has 1 saturated heterocycles. The number of hydrogen-bond acceptors (Lipinski definition) is 5. The van der Waals surface area contributed by atoms with Gasteiger partial charge in [-0.05, 0) is 51.7 Å². The molecule has 4 N–H and O–H groups in total. The second-order valence-electron chi connectivity index (χ2n) is 7.64. The smallest absolute Gasteiger partial charge is 0.251 e. The predicted molar refractivity (Wildman–Crippen MR) is 114 cm³/mol. The number of aliphatic hydroxyl groups is 3. The Morgan fingerprint density at radius 3 is 2.53 bits per heavy atom. The van der Waals surface area contributed by atoms with Crippen molar-refractivity contribution in [3.63, 3.8) is 0 Å². The average Bonchev–Trinajstić information content (AvgIpc) is 2.79. The molecule has 0 aromatic heterocycles. The number of nitrogens with one attached hydrogen (secondary N) is 1. The summed E-state index contributed by atoms with van der Waals surface area (Å²) in [5, 5.41) is 34.5. The first-order valence-corrected chi connectivity index (χ1v) is 9.99. The molecule has 0 saturated carbocycles. The van der Waals surface area contributed by atoms with Gasteiger partial charge in [0.25, 0.3) is 5.91 Å². The lowest BCUT2D eigenvalue weighted by molar-refractivity contribution is -0.179. The first-order chi connectivity index (χ1) is 14.5. The summed E-state index contributed by atoms with van der Waals surface area (Å²) in [6, 6.07) is 19.2. The molecule has 0 aliphatic carbocycles. The molecular formula is C24H25NO5. The van der Waals surface area contributed by atoms with E-state index in [0.717, 1.165) is 27.5 Å². The van der Waals surface area contributed by atoms with E-state index in [2.05, 4.69) is 5.32 Å². The SMILES string of the molecule is CNC(=O)c1cccc(-c2ccc3cc(C4OC(CO)CC(O)C4O)ccc3c2)c1. The summed E-state index contributed by atoms with van der Waals surface area (Å²) in [6.45, 7) is -0.202. The molecule has 0 spiro atoms. The molecule has 4 unspecified atom stereocenters. The molecule has 6 heteroatoms. The minimum absolute atomic E-state index is 0.128. The topological polar surface area (TPSA) is 99.0 Å². The zero-order valence-corrected chi connectivity index (χ0v) is 16.7. The third kappa shape index (κ3) is 3.95. The van der Waals surface area contributed by atoms with Crippen LogP contribution in [-0.2, 0) is 4.74 Å². The summed E-state index contributed by atoms with van der Waals surface area (Å²) >= 11 is 0. The number of carbonyl (C=O) groups excluding carboxylic acids is 1. The van der Waals surface area contributed by atoms with Crippen molar-refractivity contribution in [2.45, 2.75) is 30.8 Å². The van der Waals surface area contributed by atoms with Crippen molar-refractivity contribution in [1.82, 2.24) is 5.32 Å². The Hall–Kier alpha value is -2.77. The third-order valence-corrected chi connectivity index (χ3v) is 5.63. The number of fused-ring (bicyclic) bond motifs is 1. The summed E-state index contributed by atoms with van der Waals surface area (Å²) in [5.41, 5.74) is 3.29. The van der Waals surface area contributed by atoms with Gasteiger partial charge in [-0.1, -0.05) is 36.4 Å². The molecule has 156 valence electrons. The summed E-state index contributed by atoms with van der Waals surface area (Å²) in [7, 11) is 1.61. The summed E-state index contributed by atoms with van der Waals surface area (Å²) in [5.74, 6) is -0.128. The third-order valence-electron chi connectivity index (χ3n) is 5.63. The maximum atomic E-state index is 11.9. The van der Waals surface area contributed by atoms with Crippen molar-refractivity contribution in [3.05, 3.63) is 71.8 Å². The first kappa shape index (κ1) is 20.5. The van der Waals surface area contributed by atoms with Crippen LogP contribution in [0.4, 0.5) is 0 Å². The van der Waals surface area contributed by atoms with Gasteiger partial charge in [0.15, 0.2) is 0 Å². The second-order valence-corrected chi connectivity index (χ2v) is 7.64. The lowest BCUT2D eigenvalue weighted by Gasteiger charge is -2.36.